The summed E-state index contributed by atoms with van der Waals surface area (Å²) in [6.07, 6.45) is 1.28. The van der Waals surface area contributed by atoms with Crippen LogP contribution in [0.25, 0.3) is 0 Å². The Balaban J connectivity index is 2.77. The molecule has 2 amide bonds. The number of urea groups is 1. The maximum absolute atomic E-state index is 12.9. The number of hydrogen-bond acceptors (Lipinski definition) is 7. The molecule has 1 aromatic rings. The van der Waals surface area contributed by atoms with Gasteiger partial charge in [0.1, 0.15) is 11.7 Å². The highest BCUT2D eigenvalue weighted by molar-refractivity contribution is 7.89. The van der Waals surface area contributed by atoms with Crippen molar-refractivity contribution >= 4 is 51.2 Å². The summed E-state index contributed by atoms with van der Waals surface area (Å²) in [5, 5.41) is -0.275. The van der Waals surface area contributed by atoms with Gasteiger partial charge in [0.15, 0.2) is 5.75 Å². The van der Waals surface area contributed by atoms with Crippen molar-refractivity contribution in [3.05, 3.63) is 47.2 Å². The molecule has 1 heterocycles. The van der Waals surface area contributed by atoms with E-state index in [0.29, 0.717) is 4.31 Å². The predicted octanol–water partition coefficient (Wildman–Crippen LogP) is 2.06. The van der Waals surface area contributed by atoms with Crippen molar-refractivity contribution < 1.29 is 26.9 Å². The molecule has 12 heteroatoms. The molecule has 0 radical (unpaired) electrons. The Morgan fingerprint density at radius 2 is 2.21 bits per heavy atom. The molecular formula is C16H17Cl2N3O6S. The Morgan fingerprint density at radius 3 is 2.82 bits per heavy atom. The Labute approximate surface area is 172 Å². The molecule has 1 atom stereocenters. The first-order valence-corrected chi connectivity index (χ1v) is 9.96. The maximum Gasteiger partial charge on any atom is 0.420 e. The Kier molecular flexibility index (Phi) is 6.94. The summed E-state index contributed by atoms with van der Waals surface area (Å²) >= 11 is 11.3. The van der Waals surface area contributed by atoms with Crippen LogP contribution in [0.4, 0.5) is 10.5 Å². The van der Waals surface area contributed by atoms with E-state index in [1.807, 2.05) is 0 Å². The molecule has 0 saturated carbocycles. The average Bonchev–Trinajstić information content (AvgIpc) is 2.62. The number of para-hydroxylation sites is 1. The van der Waals surface area contributed by atoms with E-state index in [-0.39, 0.29) is 35.2 Å². The molecular weight excluding hydrogens is 433 g/mol. The summed E-state index contributed by atoms with van der Waals surface area (Å²) in [7, 11) is -3.56. The van der Waals surface area contributed by atoms with Gasteiger partial charge in [0.2, 0.25) is 5.22 Å². The number of carbonyl (C=O) groups excluding carboxylic acids is 2. The van der Waals surface area contributed by atoms with Crippen molar-refractivity contribution in [2.24, 2.45) is 5.73 Å². The standard InChI is InChI=1S/C16H17Cl2N3O6S/c1-3-7-20(2)16(23)21-14-10(5-4-6-12(14)26-13(18)9-17)8-11(19)15(22)27-28(21,24)25/h3-6,9,11H,1,7-8,19H2,2H3/b13-9+. The number of halogens is 2. The van der Waals surface area contributed by atoms with Crippen LogP contribution in [0, 0.1) is 0 Å². The van der Waals surface area contributed by atoms with E-state index in [1.165, 1.54) is 31.3 Å². The highest BCUT2D eigenvalue weighted by Crippen LogP contribution is 2.38. The highest BCUT2D eigenvalue weighted by atomic mass is 35.5. The van der Waals surface area contributed by atoms with Gasteiger partial charge >= 0.3 is 22.3 Å². The number of amides is 2. The van der Waals surface area contributed by atoms with Gasteiger partial charge in [0.25, 0.3) is 0 Å². The van der Waals surface area contributed by atoms with Gasteiger partial charge in [-0.25, -0.2) is 9.59 Å². The minimum absolute atomic E-state index is 0.0268. The zero-order valence-corrected chi connectivity index (χ0v) is 17.0. The number of fused-ring (bicyclic) bond motifs is 1. The molecule has 0 aliphatic carbocycles. The van der Waals surface area contributed by atoms with Crippen LogP contribution in [0.5, 0.6) is 5.75 Å². The molecule has 1 aliphatic rings. The van der Waals surface area contributed by atoms with Crippen molar-refractivity contribution in [2.75, 3.05) is 17.9 Å². The number of hydrogen-bond donors (Lipinski definition) is 1. The second-order valence-electron chi connectivity index (χ2n) is 5.67. The fourth-order valence-corrected chi connectivity index (χ4v) is 3.72. The van der Waals surface area contributed by atoms with Crippen molar-refractivity contribution in [1.82, 2.24) is 4.90 Å². The van der Waals surface area contributed by atoms with Crippen LogP contribution in [0.2, 0.25) is 0 Å². The summed E-state index contributed by atoms with van der Waals surface area (Å²) in [6.45, 7) is 3.53. The van der Waals surface area contributed by atoms with Crippen molar-refractivity contribution in [3.63, 3.8) is 0 Å². The first-order valence-electron chi connectivity index (χ1n) is 7.78. The lowest BCUT2D eigenvalue weighted by Gasteiger charge is -2.31. The molecule has 2 N–H and O–H groups in total. The van der Waals surface area contributed by atoms with Crippen LogP contribution < -0.4 is 14.8 Å². The third-order valence-electron chi connectivity index (χ3n) is 3.64. The molecule has 152 valence electrons. The Bertz CT molecular complexity index is 934. The molecule has 0 aromatic heterocycles. The van der Waals surface area contributed by atoms with Gasteiger partial charge in [-0.1, -0.05) is 29.8 Å². The molecule has 1 unspecified atom stereocenters. The number of rotatable bonds is 4. The molecule has 0 bridgehead atoms. The first kappa shape index (κ1) is 22.0. The van der Waals surface area contributed by atoms with Crippen LogP contribution in [-0.2, 0) is 25.7 Å². The molecule has 1 aromatic carbocycles. The molecule has 0 saturated heterocycles. The number of benzene rings is 1. The molecule has 0 fully saturated rings. The van der Waals surface area contributed by atoms with E-state index in [2.05, 4.69) is 10.8 Å². The van der Waals surface area contributed by atoms with E-state index < -0.39 is 28.3 Å². The highest BCUT2D eigenvalue weighted by Gasteiger charge is 2.41. The number of nitrogens with two attached hydrogens (primary N) is 1. The summed E-state index contributed by atoms with van der Waals surface area (Å²) in [6, 6.07) is 2.12. The predicted molar refractivity (Wildman–Crippen MR) is 104 cm³/mol. The third kappa shape index (κ3) is 4.58. The minimum atomic E-state index is -4.90. The van der Waals surface area contributed by atoms with Crippen LogP contribution in [0.1, 0.15) is 5.56 Å². The number of nitrogens with zero attached hydrogens (tertiary/aromatic N) is 2. The van der Waals surface area contributed by atoms with Crippen molar-refractivity contribution in [1.29, 1.82) is 0 Å². The van der Waals surface area contributed by atoms with Gasteiger partial charge in [-0.05, 0) is 23.2 Å². The van der Waals surface area contributed by atoms with Gasteiger partial charge in [0, 0.05) is 20.0 Å². The van der Waals surface area contributed by atoms with Gasteiger partial charge in [-0.2, -0.15) is 12.7 Å². The number of likely N-dealkylation sites (N-methyl/N-ethyl adjacent to an activating group) is 1. The first-order chi connectivity index (χ1) is 13.1. The smallest absolute Gasteiger partial charge is 0.420 e. The molecule has 2 rings (SSSR count). The molecule has 9 nitrogen and oxygen atoms in total. The van der Waals surface area contributed by atoms with E-state index in [4.69, 9.17) is 33.7 Å². The van der Waals surface area contributed by atoms with E-state index in [0.717, 1.165) is 10.4 Å². The number of ether oxygens (including phenoxy) is 1. The van der Waals surface area contributed by atoms with Crippen molar-refractivity contribution in [2.45, 2.75) is 12.5 Å². The lowest BCUT2D eigenvalue weighted by molar-refractivity contribution is -0.135. The van der Waals surface area contributed by atoms with Gasteiger partial charge in [-0.3, -0.25) is 0 Å². The summed E-state index contributed by atoms with van der Waals surface area (Å²) in [5.74, 6) is -1.30. The SMILES string of the molecule is C=CCN(C)C(=O)N1c2c(cccc2O/C(Cl)=C/Cl)CC(N)C(=O)OS1(=O)=O. The van der Waals surface area contributed by atoms with Crippen LogP contribution in [0.3, 0.4) is 0 Å². The van der Waals surface area contributed by atoms with Gasteiger partial charge in [0.05, 0.1) is 5.54 Å². The lowest BCUT2D eigenvalue weighted by Crippen LogP contribution is -2.50. The normalized spacial score (nSPS) is 19.0. The zero-order chi connectivity index (χ0) is 21.1. The second kappa shape index (κ2) is 8.82. The van der Waals surface area contributed by atoms with E-state index in [1.54, 1.807) is 0 Å². The molecule has 1 aliphatic heterocycles. The summed E-state index contributed by atoms with van der Waals surface area (Å²) in [5.41, 5.74) is 6.70. The van der Waals surface area contributed by atoms with Crippen molar-refractivity contribution in [3.8, 4) is 5.75 Å². The number of carbonyl (C=O) groups is 2. The van der Waals surface area contributed by atoms with Crippen LogP contribution in [-0.4, -0.2) is 45.0 Å². The van der Waals surface area contributed by atoms with Crippen LogP contribution >= 0.6 is 23.2 Å². The van der Waals surface area contributed by atoms with Gasteiger partial charge in [-0.15, -0.1) is 6.58 Å². The minimum Gasteiger partial charge on any atom is -0.442 e. The molecule has 28 heavy (non-hydrogen) atoms. The zero-order valence-electron chi connectivity index (χ0n) is 14.7. The van der Waals surface area contributed by atoms with E-state index >= 15 is 0 Å². The Hall–Kier alpha value is -2.27. The topological polar surface area (TPSA) is 119 Å². The maximum atomic E-state index is 12.9. The third-order valence-corrected chi connectivity index (χ3v) is 5.29. The van der Waals surface area contributed by atoms with E-state index in [9.17, 15) is 18.0 Å². The summed E-state index contributed by atoms with van der Waals surface area (Å²) in [4.78, 5) is 25.9. The fraction of sp³-hybridized carbons (Fsp3) is 0.250. The second-order valence-corrected chi connectivity index (χ2v) is 7.64. The quantitative estimate of drug-likeness (QED) is 0.551. The Morgan fingerprint density at radius 1 is 1.54 bits per heavy atom. The average molecular weight is 450 g/mol. The fourth-order valence-electron chi connectivity index (χ4n) is 2.43. The monoisotopic (exact) mass is 449 g/mol. The largest absolute Gasteiger partial charge is 0.442 e. The van der Waals surface area contributed by atoms with Gasteiger partial charge < -0.3 is 19.6 Å². The van der Waals surface area contributed by atoms with Crippen LogP contribution in [0.15, 0.2) is 41.6 Å². The number of anilines is 1. The summed E-state index contributed by atoms with van der Waals surface area (Å²) < 4.78 is 35.7. The lowest BCUT2D eigenvalue weighted by atomic mass is 10.0. The molecule has 0 spiro atoms.